The summed E-state index contributed by atoms with van der Waals surface area (Å²) in [5.41, 5.74) is 1.21. The fourth-order valence-electron chi connectivity index (χ4n) is 6.10. The van der Waals surface area contributed by atoms with Crippen molar-refractivity contribution in [3.63, 3.8) is 0 Å². The number of likely N-dealkylation sites (tertiary alicyclic amines) is 1. The van der Waals surface area contributed by atoms with E-state index < -0.39 is 17.4 Å². The number of halogens is 1. The van der Waals surface area contributed by atoms with E-state index >= 15 is 0 Å². The number of carbonyl (C=O) groups is 2. The Morgan fingerprint density at radius 2 is 1.86 bits per heavy atom. The third-order valence-corrected chi connectivity index (χ3v) is 8.17. The normalized spacial score (nSPS) is 29.1. The maximum atomic E-state index is 13.7. The van der Waals surface area contributed by atoms with E-state index in [4.69, 9.17) is 21.1 Å². The molecule has 0 N–H and O–H groups in total. The van der Waals surface area contributed by atoms with Crippen molar-refractivity contribution in [3.05, 3.63) is 71.3 Å². The molecule has 2 unspecified atom stereocenters. The summed E-state index contributed by atoms with van der Waals surface area (Å²) in [5, 5.41) is 0.635. The number of rotatable bonds is 5. The lowest BCUT2D eigenvalue weighted by atomic mass is 9.76. The molecule has 4 aliphatic rings. The Bertz CT molecular complexity index is 1190. The number of methoxy groups -OCH3 is 1. The number of hydrogen-bond acceptors (Lipinski definition) is 5. The predicted molar refractivity (Wildman–Crippen MR) is 132 cm³/mol. The van der Waals surface area contributed by atoms with Gasteiger partial charge in [-0.25, -0.2) is 0 Å². The standard InChI is InChI=1S/C27H28ClN3O4/c1-34-21-9-5-4-8-20(21)29-12-14-30(15-13-29)25(32)23-22-10-11-27(35-22)17-31(26(33)24(23)27)16-18-6-2-3-7-19(18)28/h2-11,22-24H,12-17H2,1H3/t22-,23?,24-,27?/m1/s1. The van der Waals surface area contributed by atoms with Gasteiger partial charge in [-0.15, -0.1) is 0 Å². The highest BCUT2D eigenvalue weighted by Crippen LogP contribution is 2.52. The smallest absolute Gasteiger partial charge is 0.230 e. The summed E-state index contributed by atoms with van der Waals surface area (Å²) >= 11 is 6.35. The molecule has 0 saturated carbocycles. The van der Waals surface area contributed by atoms with Gasteiger partial charge in [0.25, 0.3) is 0 Å². The van der Waals surface area contributed by atoms with Crippen LogP contribution < -0.4 is 9.64 Å². The largest absolute Gasteiger partial charge is 0.495 e. The summed E-state index contributed by atoms with van der Waals surface area (Å²) < 4.78 is 11.8. The Kier molecular flexibility index (Phi) is 5.49. The molecule has 7 nitrogen and oxygen atoms in total. The number of carbonyl (C=O) groups excluding carboxylic acids is 2. The highest BCUT2D eigenvalue weighted by atomic mass is 35.5. The minimum Gasteiger partial charge on any atom is -0.495 e. The molecule has 4 atom stereocenters. The Morgan fingerprint density at radius 1 is 1.11 bits per heavy atom. The fourth-order valence-corrected chi connectivity index (χ4v) is 6.29. The molecule has 0 aromatic heterocycles. The van der Waals surface area contributed by atoms with Crippen LogP contribution in [0.25, 0.3) is 0 Å². The van der Waals surface area contributed by atoms with Crippen molar-refractivity contribution < 1.29 is 19.1 Å². The molecule has 3 fully saturated rings. The van der Waals surface area contributed by atoms with E-state index in [9.17, 15) is 9.59 Å². The van der Waals surface area contributed by atoms with Crippen LogP contribution >= 0.6 is 11.6 Å². The molecule has 4 aliphatic heterocycles. The second-order valence-electron chi connectivity index (χ2n) is 9.67. The van der Waals surface area contributed by atoms with E-state index in [-0.39, 0.29) is 17.9 Å². The van der Waals surface area contributed by atoms with Crippen molar-refractivity contribution in [2.75, 3.05) is 44.7 Å². The summed E-state index contributed by atoms with van der Waals surface area (Å²) in [4.78, 5) is 33.2. The van der Waals surface area contributed by atoms with Crippen LogP contribution in [0, 0.1) is 11.8 Å². The average Bonchev–Trinajstić information content (AvgIpc) is 3.53. The Labute approximate surface area is 209 Å². The highest BCUT2D eigenvalue weighted by molar-refractivity contribution is 6.31. The molecule has 8 heteroatoms. The summed E-state index contributed by atoms with van der Waals surface area (Å²) in [7, 11) is 1.67. The van der Waals surface area contributed by atoms with Crippen LogP contribution in [0.3, 0.4) is 0 Å². The van der Waals surface area contributed by atoms with Crippen molar-refractivity contribution in [2.24, 2.45) is 11.8 Å². The van der Waals surface area contributed by atoms with Gasteiger partial charge in [0.15, 0.2) is 0 Å². The van der Waals surface area contributed by atoms with Gasteiger partial charge in [0.05, 0.1) is 37.3 Å². The molecular formula is C27H28ClN3O4. The van der Waals surface area contributed by atoms with Crippen molar-refractivity contribution >= 4 is 29.1 Å². The monoisotopic (exact) mass is 493 g/mol. The molecule has 2 aromatic carbocycles. The minimum atomic E-state index is -0.720. The fraction of sp³-hybridized carbons (Fsp3) is 0.407. The van der Waals surface area contributed by atoms with Gasteiger partial charge in [-0.05, 0) is 23.8 Å². The van der Waals surface area contributed by atoms with Gasteiger partial charge in [0.1, 0.15) is 11.4 Å². The third kappa shape index (κ3) is 3.60. The lowest BCUT2D eigenvalue weighted by molar-refractivity contribution is -0.143. The second-order valence-corrected chi connectivity index (χ2v) is 10.1. The molecule has 2 aromatic rings. The first-order valence-electron chi connectivity index (χ1n) is 12.1. The Balaban J connectivity index is 1.17. The van der Waals surface area contributed by atoms with E-state index in [1.54, 1.807) is 12.0 Å². The molecule has 182 valence electrons. The zero-order valence-corrected chi connectivity index (χ0v) is 20.4. The molecular weight excluding hydrogens is 466 g/mol. The predicted octanol–water partition coefficient (Wildman–Crippen LogP) is 2.98. The van der Waals surface area contributed by atoms with Crippen molar-refractivity contribution in [1.29, 1.82) is 0 Å². The zero-order chi connectivity index (χ0) is 24.2. The van der Waals surface area contributed by atoms with Crippen molar-refractivity contribution in [3.8, 4) is 5.75 Å². The summed E-state index contributed by atoms with van der Waals surface area (Å²) in [6.07, 6.45) is 3.62. The molecule has 0 radical (unpaired) electrons. The van der Waals surface area contributed by atoms with Gasteiger partial charge >= 0.3 is 0 Å². The minimum absolute atomic E-state index is 0.0128. The number of piperazine rings is 1. The number of nitrogens with zero attached hydrogens (tertiary/aromatic N) is 3. The maximum absolute atomic E-state index is 13.7. The van der Waals surface area contributed by atoms with Gasteiger partial charge in [-0.1, -0.05) is 54.1 Å². The van der Waals surface area contributed by atoms with Crippen LogP contribution in [0.1, 0.15) is 5.56 Å². The second kappa shape index (κ2) is 8.57. The van der Waals surface area contributed by atoms with Gasteiger partial charge in [-0.2, -0.15) is 0 Å². The molecule has 35 heavy (non-hydrogen) atoms. The van der Waals surface area contributed by atoms with E-state index in [0.717, 1.165) is 17.0 Å². The van der Waals surface area contributed by atoms with E-state index in [2.05, 4.69) is 4.90 Å². The molecule has 2 amide bonds. The first-order valence-corrected chi connectivity index (χ1v) is 12.4. The van der Waals surface area contributed by atoms with Gasteiger partial charge in [-0.3, -0.25) is 9.59 Å². The molecule has 0 aliphatic carbocycles. The quantitative estimate of drug-likeness (QED) is 0.599. The number of fused-ring (bicyclic) bond motifs is 1. The number of benzene rings is 2. The first-order chi connectivity index (χ1) is 17.0. The summed E-state index contributed by atoms with van der Waals surface area (Å²) in [6.45, 7) is 3.48. The van der Waals surface area contributed by atoms with Crippen LogP contribution in [0.15, 0.2) is 60.7 Å². The summed E-state index contributed by atoms with van der Waals surface area (Å²) in [6, 6.07) is 15.5. The highest BCUT2D eigenvalue weighted by Gasteiger charge is 2.67. The lowest BCUT2D eigenvalue weighted by Crippen LogP contribution is -2.53. The lowest BCUT2D eigenvalue weighted by Gasteiger charge is -2.38. The van der Waals surface area contributed by atoms with Gasteiger partial charge in [0.2, 0.25) is 11.8 Å². The molecule has 6 rings (SSSR count). The maximum Gasteiger partial charge on any atom is 0.230 e. The number of anilines is 1. The number of amides is 2. The zero-order valence-electron chi connectivity index (χ0n) is 19.6. The van der Waals surface area contributed by atoms with Crippen molar-refractivity contribution in [1.82, 2.24) is 9.80 Å². The van der Waals surface area contributed by atoms with Crippen molar-refractivity contribution in [2.45, 2.75) is 18.2 Å². The van der Waals surface area contributed by atoms with Crippen LogP contribution in [-0.4, -0.2) is 73.2 Å². The van der Waals surface area contributed by atoms with Gasteiger partial charge < -0.3 is 24.2 Å². The van der Waals surface area contributed by atoms with Crippen LogP contribution in [0.5, 0.6) is 5.75 Å². The molecule has 2 bridgehead atoms. The molecule has 4 heterocycles. The number of para-hydroxylation sites is 2. The Morgan fingerprint density at radius 3 is 2.63 bits per heavy atom. The van der Waals surface area contributed by atoms with Crippen LogP contribution in [0.4, 0.5) is 5.69 Å². The SMILES string of the molecule is COc1ccccc1N1CCN(C(=O)C2[C@H]3C=CC4(CN(Cc5ccccc5Cl)C(=O)[C@@H]24)O3)CC1. The Hall–Kier alpha value is -3.03. The van der Waals surface area contributed by atoms with Gasteiger partial charge in [0, 0.05) is 37.7 Å². The average molecular weight is 494 g/mol. The number of hydrogen-bond donors (Lipinski definition) is 0. The third-order valence-electron chi connectivity index (χ3n) is 7.80. The van der Waals surface area contributed by atoms with Crippen LogP contribution in [-0.2, 0) is 20.9 Å². The first kappa shape index (κ1) is 22.4. The molecule has 3 saturated heterocycles. The van der Waals surface area contributed by atoms with E-state index in [1.807, 2.05) is 65.6 Å². The van der Waals surface area contributed by atoms with E-state index in [1.165, 1.54) is 0 Å². The van der Waals surface area contributed by atoms with Crippen LogP contribution in [0.2, 0.25) is 5.02 Å². The van der Waals surface area contributed by atoms with E-state index in [0.29, 0.717) is 44.3 Å². The molecule has 1 spiro atoms. The summed E-state index contributed by atoms with van der Waals surface area (Å²) in [5.74, 6) is -0.154. The number of ether oxygens (including phenoxy) is 2. The topological polar surface area (TPSA) is 62.3 Å².